The maximum absolute atomic E-state index is 14.2. The van der Waals surface area contributed by atoms with E-state index in [9.17, 15) is 13.2 Å². The second-order valence-corrected chi connectivity index (χ2v) is 5.73. The van der Waals surface area contributed by atoms with Gasteiger partial charge in [-0.1, -0.05) is 12.1 Å². The highest BCUT2D eigenvalue weighted by molar-refractivity contribution is 5.83. The second kappa shape index (κ2) is 6.29. The summed E-state index contributed by atoms with van der Waals surface area (Å²) in [7, 11) is 0. The molecule has 0 aliphatic carbocycles. The molecule has 0 N–H and O–H groups in total. The highest BCUT2D eigenvalue weighted by atomic mass is 19.3. The smallest absolute Gasteiger partial charge is 0.264 e. The molecule has 8 heteroatoms. The minimum atomic E-state index is -2.71. The van der Waals surface area contributed by atoms with Crippen LogP contribution in [0.5, 0.6) is 0 Å². The summed E-state index contributed by atoms with van der Waals surface area (Å²) < 4.78 is 44.3. The Bertz CT molecular complexity index is 1080. The minimum absolute atomic E-state index is 0.150. The molecule has 0 aliphatic heterocycles. The van der Waals surface area contributed by atoms with Gasteiger partial charge >= 0.3 is 0 Å². The number of aromatic nitrogens is 5. The number of halogens is 3. The van der Waals surface area contributed by atoms with Crippen molar-refractivity contribution in [2.45, 2.75) is 19.9 Å². The summed E-state index contributed by atoms with van der Waals surface area (Å²) in [6.07, 6.45) is 1.87. The third-order valence-corrected chi connectivity index (χ3v) is 4.14. The topological polar surface area (TPSA) is 48.5 Å². The van der Waals surface area contributed by atoms with Gasteiger partial charge in [-0.3, -0.25) is 4.68 Å². The van der Waals surface area contributed by atoms with Crippen molar-refractivity contribution in [1.82, 2.24) is 24.5 Å². The van der Waals surface area contributed by atoms with E-state index in [1.54, 1.807) is 29.2 Å². The molecular formula is C18H14F3N5. The maximum atomic E-state index is 14.2. The fourth-order valence-corrected chi connectivity index (χ4v) is 2.82. The number of benzene rings is 1. The summed E-state index contributed by atoms with van der Waals surface area (Å²) >= 11 is 0. The number of hydrogen-bond donors (Lipinski definition) is 0. The summed E-state index contributed by atoms with van der Waals surface area (Å²) in [5.74, 6) is -0.512. The largest absolute Gasteiger partial charge is 0.272 e. The van der Waals surface area contributed by atoms with Crippen molar-refractivity contribution in [3.63, 3.8) is 0 Å². The van der Waals surface area contributed by atoms with Gasteiger partial charge < -0.3 is 0 Å². The Morgan fingerprint density at radius 2 is 1.92 bits per heavy atom. The molecule has 5 nitrogen and oxygen atoms in total. The Balaban J connectivity index is 1.98. The Hall–Kier alpha value is -3.16. The molecular weight excluding hydrogens is 343 g/mol. The van der Waals surface area contributed by atoms with Gasteiger partial charge in [0.2, 0.25) is 0 Å². The van der Waals surface area contributed by atoms with Crippen molar-refractivity contribution < 1.29 is 13.2 Å². The van der Waals surface area contributed by atoms with E-state index < -0.39 is 12.2 Å². The molecule has 26 heavy (non-hydrogen) atoms. The lowest BCUT2D eigenvalue weighted by atomic mass is 10.1. The minimum Gasteiger partial charge on any atom is -0.272 e. The van der Waals surface area contributed by atoms with Gasteiger partial charge in [-0.25, -0.2) is 22.8 Å². The van der Waals surface area contributed by atoms with Crippen LogP contribution in [-0.4, -0.2) is 24.5 Å². The van der Waals surface area contributed by atoms with Crippen LogP contribution in [0.1, 0.15) is 18.9 Å². The normalized spacial score (nSPS) is 11.6. The van der Waals surface area contributed by atoms with E-state index >= 15 is 0 Å². The molecule has 0 aliphatic rings. The SMILES string of the molecule is CCn1cc(-c2cc(C(F)F)c3cnn(-c4ccccc4F)c3n2)cn1. The molecule has 3 heterocycles. The van der Waals surface area contributed by atoms with Crippen LogP contribution < -0.4 is 0 Å². The predicted octanol–water partition coefficient (Wildman–Crippen LogP) is 4.38. The average Bonchev–Trinajstić information content (AvgIpc) is 3.28. The first-order valence-corrected chi connectivity index (χ1v) is 8.03. The number of rotatable bonds is 4. The number of fused-ring (bicyclic) bond motifs is 1. The molecule has 0 spiro atoms. The molecule has 0 atom stereocenters. The number of nitrogens with zero attached hydrogens (tertiary/aromatic N) is 5. The molecule has 0 unspecified atom stereocenters. The van der Waals surface area contributed by atoms with Crippen LogP contribution in [0, 0.1) is 5.82 Å². The fraction of sp³-hybridized carbons (Fsp3) is 0.167. The molecule has 4 aromatic rings. The quantitative estimate of drug-likeness (QED) is 0.545. The second-order valence-electron chi connectivity index (χ2n) is 5.73. The number of alkyl halides is 2. The standard InChI is InChI=1S/C18H14F3N5/c1-2-25-10-11(8-22-25)15-7-12(17(20)21)13-9-23-26(18(13)24-15)16-6-4-3-5-14(16)19/h3-10,17H,2H2,1H3. The van der Waals surface area contributed by atoms with E-state index in [1.807, 2.05) is 6.92 Å². The van der Waals surface area contributed by atoms with Crippen molar-refractivity contribution >= 4 is 11.0 Å². The first kappa shape index (κ1) is 16.3. The van der Waals surface area contributed by atoms with E-state index in [0.717, 1.165) is 0 Å². The number of para-hydroxylation sites is 1. The van der Waals surface area contributed by atoms with Crippen LogP contribution in [-0.2, 0) is 6.54 Å². The van der Waals surface area contributed by atoms with Gasteiger partial charge in [-0.2, -0.15) is 10.2 Å². The number of aryl methyl sites for hydroxylation is 1. The molecule has 0 saturated carbocycles. The Kier molecular flexibility index (Phi) is 3.95. The molecule has 0 amide bonds. The van der Waals surface area contributed by atoms with E-state index in [-0.39, 0.29) is 22.3 Å². The van der Waals surface area contributed by atoms with Gasteiger partial charge in [0.1, 0.15) is 11.5 Å². The molecule has 0 bridgehead atoms. The molecule has 4 rings (SSSR count). The van der Waals surface area contributed by atoms with Crippen LogP contribution >= 0.6 is 0 Å². The lowest BCUT2D eigenvalue weighted by molar-refractivity contribution is 0.153. The van der Waals surface area contributed by atoms with Gasteiger partial charge in [0.15, 0.2) is 5.65 Å². The van der Waals surface area contributed by atoms with Gasteiger partial charge in [0, 0.05) is 29.3 Å². The Morgan fingerprint density at radius 3 is 2.62 bits per heavy atom. The summed E-state index contributed by atoms with van der Waals surface area (Å²) in [6.45, 7) is 2.57. The summed E-state index contributed by atoms with van der Waals surface area (Å²) in [5, 5.41) is 8.43. The van der Waals surface area contributed by atoms with Crippen molar-refractivity contribution in [2.75, 3.05) is 0 Å². The fourth-order valence-electron chi connectivity index (χ4n) is 2.82. The van der Waals surface area contributed by atoms with Crippen LogP contribution in [0.2, 0.25) is 0 Å². The van der Waals surface area contributed by atoms with Gasteiger partial charge in [-0.05, 0) is 25.1 Å². The molecule has 0 fully saturated rings. The average molecular weight is 357 g/mol. The van der Waals surface area contributed by atoms with Crippen LogP contribution in [0.15, 0.2) is 48.9 Å². The zero-order chi connectivity index (χ0) is 18.3. The van der Waals surface area contributed by atoms with E-state index in [1.165, 1.54) is 29.1 Å². The third kappa shape index (κ3) is 2.63. The van der Waals surface area contributed by atoms with Gasteiger partial charge in [-0.15, -0.1) is 0 Å². The van der Waals surface area contributed by atoms with Crippen LogP contribution in [0.3, 0.4) is 0 Å². The summed E-state index contributed by atoms with van der Waals surface area (Å²) in [6, 6.07) is 7.33. The van der Waals surface area contributed by atoms with Crippen molar-refractivity contribution in [2.24, 2.45) is 0 Å². The zero-order valence-electron chi connectivity index (χ0n) is 13.8. The molecule has 1 aromatic carbocycles. The zero-order valence-corrected chi connectivity index (χ0v) is 13.8. The summed E-state index contributed by atoms with van der Waals surface area (Å²) in [4.78, 5) is 4.46. The molecule has 0 radical (unpaired) electrons. The van der Waals surface area contributed by atoms with Crippen molar-refractivity contribution in [1.29, 1.82) is 0 Å². The lowest BCUT2D eigenvalue weighted by Crippen LogP contribution is -2.02. The Morgan fingerprint density at radius 1 is 1.12 bits per heavy atom. The van der Waals surface area contributed by atoms with E-state index in [2.05, 4.69) is 15.2 Å². The molecule has 3 aromatic heterocycles. The van der Waals surface area contributed by atoms with Crippen molar-refractivity contribution in [3.8, 4) is 16.9 Å². The maximum Gasteiger partial charge on any atom is 0.264 e. The van der Waals surface area contributed by atoms with E-state index in [0.29, 0.717) is 17.8 Å². The molecule has 132 valence electrons. The van der Waals surface area contributed by atoms with Gasteiger partial charge in [0.05, 0.1) is 18.1 Å². The highest BCUT2D eigenvalue weighted by Gasteiger charge is 2.20. The van der Waals surface area contributed by atoms with E-state index in [4.69, 9.17) is 0 Å². The predicted molar refractivity (Wildman–Crippen MR) is 90.7 cm³/mol. The number of hydrogen-bond acceptors (Lipinski definition) is 3. The summed E-state index contributed by atoms with van der Waals surface area (Å²) in [5.41, 5.74) is 1.07. The van der Waals surface area contributed by atoms with Crippen LogP contribution in [0.25, 0.3) is 28.0 Å². The first-order valence-electron chi connectivity index (χ1n) is 8.03. The highest BCUT2D eigenvalue weighted by Crippen LogP contribution is 2.32. The Labute approximate surface area is 146 Å². The van der Waals surface area contributed by atoms with Crippen molar-refractivity contribution in [3.05, 3.63) is 60.3 Å². The number of pyridine rings is 1. The first-order chi connectivity index (χ1) is 12.6. The lowest BCUT2D eigenvalue weighted by Gasteiger charge is -2.08. The van der Waals surface area contributed by atoms with Crippen LogP contribution in [0.4, 0.5) is 13.2 Å². The van der Waals surface area contributed by atoms with Gasteiger partial charge in [0.25, 0.3) is 6.43 Å². The monoisotopic (exact) mass is 357 g/mol. The third-order valence-electron chi connectivity index (χ3n) is 4.14. The molecule has 0 saturated heterocycles.